The maximum atomic E-state index is 11.9. The molecule has 0 atom stereocenters. The van der Waals surface area contributed by atoms with Crippen molar-refractivity contribution in [3.63, 3.8) is 0 Å². The highest BCUT2D eigenvalue weighted by molar-refractivity contribution is 5.82. The molecule has 0 radical (unpaired) electrons. The molecule has 2 N–H and O–H groups in total. The molecule has 3 nitrogen and oxygen atoms in total. The fraction of sp³-hybridized carbons (Fsp3) is 0.909. The van der Waals surface area contributed by atoms with Crippen LogP contribution < -0.4 is 5.32 Å². The van der Waals surface area contributed by atoms with E-state index >= 15 is 0 Å². The van der Waals surface area contributed by atoms with E-state index in [1.165, 1.54) is 12.8 Å². The summed E-state index contributed by atoms with van der Waals surface area (Å²) >= 11 is 0. The Morgan fingerprint density at radius 1 is 1.43 bits per heavy atom. The molecule has 1 amide bonds. The highest BCUT2D eigenvalue weighted by Gasteiger charge is 2.38. The first-order valence-corrected chi connectivity index (χ1v) is 5.64. The van der Waals surface area contributed by atoms with Gasteiger partial charge in [-0.1, -0.05) is 19.8 Å². The Morgan fingerprint density at radius 3 is 2.57 bits per heavy atom. The van der Waals surface area contributed by atoms with E-state index < -0.39 is 0 Å². The number of nitrogens with one attached hydrogen (secondary N) is 1. The minimum absolute atomic E-state index is 0.0878. The first kappa shape index (κ1) is 11.5. The molecule has 14 heavy (non-hydrogen) atoms. The van der Waals surface area contributed by atoms with Crippen molar-refractivity contribution < 1.29 is 9.90 Å². The molecule has 82 valence electrons. The van der Waals surface area contributed by atoms with E-state index in [0.29, 0.717) is 13.0 Å². The summed E-state index contributed by atoms with van der Waals surface area (Å²) in [5.74, 6) is 0.200. The van der Waals surface area contributed by atoms with Crippen molar-refractivity contribution in [2.24, 2.45) is 5.41 Å². The van der Waals surface area contributed by atoms with E-state index in [2.05, 4.69) is 12.2 Å². The van der Waals surface area contributed by atoms with Gasteiger partial charge >= 0.3 is 0 Å². The lowest BCUT2D eigenvalue weighted by atomic mass is 9.82. The summed E-state index contributed by atoms with van der Waals surface area (Å²) in [6.45, 7) is 2.85. The van der Waals surface area contributed by atoms with Crippen LogP contribution in [0.1, 0.15) is 45.4 Å². The molecule has 0 heterocycles. The van der Waals surface area contributed by atoms with Gasteiger partial charge in [-0.3, -0.25) is 4.79 Å². The van der Waals surface area contributed by atoms with Crippen LogP contribution in [0.25, 0.3) is 0 Å². The van der Waals surface area contributed by atoms with E-state index in [4.69, 9.17) is 5.11 Å². The molecule has 0 saturated heterocycles. The van der Waals surface area contributed by atoms with Crippen LogP contribution in [0.3, 0.4) is 0 Å². The summed E-state index contributed by atoms with van der Waals surface area (Å²) in [5.41, 5.74) is -0.0878. The second kappa shape index (κ2) is 5.35. The average Bonchev–Trinajstić information content (AvgIpc) is 2.67. The van der Waals surface area contributed by atoms with Gasteiger partial charge in [0.2, 0.25) is 5.91 Å². The predicted octanol–water partition coefficient (Wildman–Crippen LogP) is 1.46. The molecule has 0 aliphatic heterocycles. The van der Waals surface area contributed by atoms with Crippen LogP contribution in [-0.2, 0) is 4.79 Å². The number of amides is 1. The lowest BCUT2D eigenvalue weighted by Crippen LogP contribution is -2.39. The van der Waals surface area contributed by atoms with Crippen LogP contribution in [0.4, 0.5) is 0 Å². The van der Waals surface area contributed by atoms with Crippen molar-refractivity contribution >= 4 is 5.91 Å². The Bertz CT molecular complexity index is 186. The van der Waals surface area contributed by atoms with Gasteiger partial charge in [-0.2, -0.15) is 0 Å². The minimum atomic E-state index is -0.0878. The summed E-state index contributed by atoms with van der Waals surface area (Å²) in [5, 5.41) is 11.5. The Hall–Kier alpha value is -0.570. The maximum Gasteiger partial charge on any atom is 0.226 e. The fourth-order valence-corrected chi connectivity index (χ4v) is 2.26. The molecule has 0 aromatic rings. The lowest BCUT2D eigenvalue weighted by Gasteiger charge is -2.25. The molecule has 1 aliphatic carbocycles. The zero-order valence-corrected chi connectivity index (χ0v) is 9.01. The van der Waals surface area contributed by atoms with E-state index in [1.54, 1.807) is 0 Å². The number of rotatable bonds is 5. The van der Waals surface area contributed by atoms with Crippen molar-refractivity contribution in [3.8, 4) is 0 Å². The molecular weight excluding hydrogens is 178 g/mol. The van der Waals surface area contributed by atoms with Gasteiger partial charge in [0.05, 0.1) is 0 Å². The summed E-state index contributed by atoms with van der Waals surface area (Å²) in [6, 6.07) is 0. The first-order valence-electron chi connectivity index (χ1n) is 5.64. The van der Waals surface area contributed by atoms with Crippen LogP contribution >= 0.6 is 0 Å². The summed E-state index contributed by atoms with van der Waals surface area (Å²) < 4.78 is 0. The lowest BCUT2D eigenvalue weighted by molar-refractivity contribution is -0.131. The second-order valence-corrected chi connectivity index (χ2v) is 4.17. The highest BCUT2D eigenvalue weighted by atomic mass is 16.3. The molecule has 3 heteroatoms. The van der Waals surface area contributed by atoms with Crippen LogP contribution in [0, 0.1) is 5.41 Å². The number of aliphatic hydroxyl groups is 1. The molecule has 1 saturated carbocycles. The predicted molar refractivity (Wildman–Crippen MR) is 55.9 cm³/mol. The Labute approximate surface area is 85.9 Å². The molecule has 1 rings (SSSR count). The SMILES string of the molecule is CCC1(C(=O)NCCCO)CCCC1. The molecular formula is C11H21NO2. The van der Waals surface area contributed by atoms with Gasteiger partial charge in [-0.05, 0) is 25.7 Å². The average molecular weight is 199 g/mol. The number of carbonyl (C=O) groups excluding carboxylic acids is 1. The highest BCUT2D eigenvalue weighted by Crippen LogP contribution is 2.40. The van der Waals surface area contributed by atoms with E-state index in [1.807, 2.05) is 0 Å². The van der Waals surface area contributed by atoms with E-state index in [-0.39, 0.29) is 17.9 Å². The topological polar surface area (TPSA) is 49.3 Å². The zero-order chi connectivity index (χ0) is 10.4. The Balaban J connectivity index is 2.40. The number of aliphatic hydroxyl groups excluding tert-OH is 1. The van der Waals surface area contributed by atoms with Gasteiger partial charge in [0.15, 0.2) is 0 Å². The third kappa shape index (κ3) is 2.47. The number of hydrogen-bond donors (Lipinski definition) is 2. The van der Waals surface area contributed by atoms with Gasteiger partial charge < -0.3 is 10.4 Å². The molecule has 1 aliphatic rings. The number of carbonyl (C=O) groups is 1. The van der Waals surface area contributed by atoms with E-state index in [0.717, 1.165) is 19.3 Å². The second-order valence-electron chi connectivity index (χ2n) is 4.17. The van der Waals surface area contributed by atoms with Gasteiger partial charge in [-0.25, -0.2) is 0 Å². The molecule has 0 aromatic carbocycles. The monoisotopic (exact) mass is 199 g/mol. The molecule has 0 bridgehead atoms. The largest absolute Gasteiger partial charge is 0.396 e. The van der Waals surface area contributed by atoms with Gasteiger partial charge in [0.1, 0.15) is 0 Å². The number of hydrogen-bond acceptors (Lipinski definition) is 2. The van der Waals surface area contributed by atoms with Gasteiger partial charge in [0, 0.05) is 18.6 Å². The minimum Gasteiger partial charge on any atom is -0.396 e. The van der Waals surface area contributed by atoms with Gasteiger partial charge in [-0.15, -0.1) is 0 Å². The van der Waals surface area contributed by atoms with E-state index in [9.17, 15) is 4.79 Å². The van der Waals surface area contributed by atoms with Crippen molar-refractivity contribution in [3.05, 3.63) is 0 Å². The molecule has 0 unspecified atom stereocenters. The maximum absolute atomic E-state index is 11.9. The van der Waals surface area contributed by atoms with Crippen molar-refractivity contribution in [2.45, 2.75) is 45.4 Å². The standard InChI is InChI=1S/C11H21NO2/c1-2-11(6-3-4-7-11)10(14)12-8-5-9-13/h13H,2-9H2,1H3,(H,12,14). The van der Waals surface area contributed by atoms with Crippen molar-refractivity contribution in [1.29, 1.82) is 0 Å². The Morgan fingerprint density at radius 2 is 2.07 bits per heavy atom. The van der Waals surface area contributed by atoms with Crippen LogP contribution in [0.5, 0.6) is 0 Å². The van der Waals surface area contributed by atoms with Crippen LogP contribution in [-0.4, -0.2) is 24.2 Å². The quantitative estimate of drug-likeness (QED) is 0.658. The third-order valence-corrected chi connectivity index (χ3v) is 3.34. The first-order chi connectivity index (χ1) is 6.75. The normalized spacial score (nSPS) is 19.6. The van der Waals surface area contributed by atoms with Crippen molar-refractivity contribution in [1.82, 2.24) is 5.32 Å². The molecule has 0 aromatic heterocycles. The summed E-state index contributed by atoms with van der Waals surface area (Å²) in [7, 11) is 0. The summed E-state index contributed by atoms with van der Waals surface area (Å²) in [6.07, 6.45) is 6.04. The van der Waals surface area contributed by atoms with Gasteiger partial charge in [0.25, 0.3) is 0 Å². The molecule has 0 spiro atoms. The zero-order valence-electron chi connectivity index (χ0n) is 9.01. The van der Waals surface area contributed by atoms with Crippen LogP contribution in [0.15, 0.2) is 0 Å². The fourth-order valence-electron chi connectivity index (χ4n) is 2.26. The Kier molecular flexibility index (Phi) is 4.39. The molecule has 1 fully saturated rings. The summed E-state index contributed by atoms with van der Waals surface area (Å²) in [4.78, 5) is 11.9. The van der Waals surface area contributed by atoms with Crippen LogP contribution in [0.2, 0.25) is 0 Å². The third-order valence-electron chi connectivity index (χ3n) is 3.34. The van der Waals surface area contributed by atoms with Crippen molar-refractivity contribution in [2.75, 3.05) is 13.2 Å². The smallest absolute Gasteiger partial charge is 0.226 e.